The van der Waals surface area contributed by atoms with Crippen molar-refractivity contribution in [3.63, 3.8) is 0 Å². The average molecular weight is 358 g/mol. The van der Waals surface area contributed by atoms with Crippen LogP contribution >= 0.6 is 11.3 Å². The summed E-state index contributed by atoms with van der Waals surface area (Å²) in [6.45, 7) is 0.516. The van der Waals surface area contributed by atoms with Crippen LogP contribution in [0.4, 0.5) is 5.69 Å². The van der Waals surface area contributed by atoms with Gasteiger partial charge in [-0.15, -0.1) is 11.3 Å². The number of methoxy groups -OCH3 is 2. The number of amides is 2. The zero-order chi connectivity index (χ0) is 17.8. The van der Waals surface area contributed by atoms with Crippen LogP contribution in [0.3, 0.4) is 0 Å². The van der Waals surface area contributed by atoms with Crippen LogP contribution in [0.15, 0.2) is 47.5 Å². The molecule has 1 N–H and O–H groups in total. The number of carbonyl (C=O) groups excluding carboxylic acids is 2. The van der Waals surface area contributed by atoms with Gasteiger partial charge in [0.2, 0.25) is 0 Å². The Morgan fingerprint density at radius 1 is 1.08 bits per heavy atom. The quantitative estimate of drug-likeness (QED) is 0.771. The van der Waals surface area contributed by atoms with Gasteiger partial charge in [-0.25, -0.2) is 0 Å². The highest BCUT2D eigenvalue weighted by Crippen LogP contribution is 2.32. The van der Waals surface area contributed by atoms with E-state index in [-0.39, 0.29) is 24.1 Å². The molecule has 130 valence electrons. The zero-order valence-corrected chi connectivity index (χ0v) is 14.8. The van der Waals surface area contributed by atoms with Crippen LogP contribution in [-0.4, -0.2) is 44.1 Å². The van der Waals surface area contributed by atoms with Crippen LogP contribution in [-0.2, 0) is 14.3 Å². The SMILES string of the molecule is COCCN1C(=O)C(Nc2ccc(OC)cc2)=C(c2cccs2)C1=O. The molecule has 0 bridgehead atoms. The molecule has 0 atom stereocenters. The molecule has 0 saturated carbocycles. The number of rotatable bonds is 7. The number of thiophene rings is 1. The molecule has 0 radical (unpaired) electrons. The number of carbonyl (C=O) groups is 2. The van der Waals surface area contributed by atoms with Crippen molar-refractivity contribution in [1.82, 2.24) is 4.90 Å². The first-order valence-electron chi connectivity index (χ1n) is 7.70. The predicted molar refractivity (Wildman–Crippen MR) is 96.5 cm³/mol. The topological polar surface area (TPSA) is 67.9 Å². The van der Waals surface area contributed by atoms with Crippen LogP contribution in [0.1, 0.15) is 4.88 Å². The fourth-order valence-corrected chi connectivity index (χ4v) is 3.31. The number of nitrogens with one attached hydrogen (secondary N) is 1. The number of hydrogen-bond donors (Lipinski definition) is 1. The number of imide groups is 1. The van der Waals surface area contributed by atoms with Crippen molar-refractivity contribution in [1.29, 1.82) is 0 Å². The van der Waals surface area contributed by atoms with Gasteiger partial charge in [0.15, 0.2) is 0 Å². The highest BCUT2D eigenvalue weighted by atomic mass is 32.1. The Hall–Kier alpha value is -2.64. The normalized spacial score (nSPS) is 14.4. The fourth-order valence-electron chi connectivity index (χ4n) is 2.55. The summed E-state index contributed by atoms with van der Waals surface area (Å²) in [4.78, 5) is 27.5. The first-order chi connectivity index (χ1) is 12.2. The minimum Gasteiger partial charge on any atom is -0.497 e. The summed E-state index contributed by atoms with van der Waals surface area (Å²) >= 11 is 1.42. The Kier molecular flexibility index (Phi) is 5.16. The second-order valence-electron chi connectivity index (χ2n) is 5.34. The molecule has 0 spiro atoms. The molecule has 7 heteroatoms. The molecule has 2 amide bonds. The standard InChI is InChI=1S/C18H18N2O4S/c1-23-10-9-20-17(21)15(14-4-3-11-25-14)16(18(20)22)19-12-5-7-13(24-2)8-6-12/h3-8,11,19H,9-10H2,1-2H3. The van der Waals surface area contributed by atoms with Crippen LogP contribution in [0, 0.1) is 0 Å². The first kappa shape index (κ1) is 17.2. The first-order valence-corrected chi connectivity index (χ1v) is 8.58. The monoisotopic (exact) mass is 358 g/mol. The number of benzene rings is 1. The fraction of sp³-hybridized carbons (Fsp3) is 0.222. The Labute approximate surface area is 149 Å². The average Bonchev–Trinajstić information content (AvgIpc) is 3.22. The smallest absolute Gasteiger partial charge is 0.278 e. The van der Waals surface area contributed by atoms with Crippen LogP contribution in [0.2, 0.25) is 0 Å². The van der Waals surface area contributed by atoms with Crippen molar-refractivity contribution < 1.29 is 19.1 Å². The van der Waals surface area contributed by atoms with Crippen molar-refractivity contribution in [2.24, 2.45) is 0 Å². The maximum Gasteiger partial charge on any atom is 0.278 e. The second kappa shape index (κ2) is 7.50. The van der Waals surface area contributed by atoms with Crippen molar-refractivity contribution in [3.8, 4) is 5.75 Å². The van der Waals surface area contributed by atoms with E-state index in [1.54, 1.807) is 31.4 Å². The summed E-state index contributed by atoms with van der Waals surface area (Å²) in [7, 11) is 3.13. The lowest BCUT2D eigenvalue weighted by Gasteiger charge is -2.14. The summed E-state index contributed by atoms with van der Waals surface area (Å²) in [5.41, 5.74) is 1.39. The number of anilines is 1. The molecule has 0 saturated heterocycles. The zero-order valence-electron chi connectivity index (χ0n) is 13.9. The molecule has 1 aromatic heterocycles. The molecule has 3 rings (SSSR count). The Morgan fingerprint density at radius 2 is 1.84 bits per heavy atom. The molecule has 0 unspecified atom stereocenters. The van der Waals surface area contributed by atoms with E-state index in [1.807, 2.05) is 17.5 Å². The molecule has 1 aliphatic rings. The van der Waals surface area contributed by atoms with Gasteiger partial charge >= 0.3 is 0 Å². The Morgan fingerprint density at radius 3 is 2.44 bits per heavy atom. The minimum atomic E-state index is -0.346. The second-order valence-corrected chi connectivity index (χ2v) is 6.28. The number of nitrogens with zero attached hydrogens (tertiary/aromatic N) is 1. The third-order valence-electron chi connectivity index (χ3n) is 3.81. The summed E-state index contributed by atoms with van der Waals surface area (Å²) in [6.07, 6.45) is 0. The lowest BCUT2D eigenvalue weighted by Crippen LogP contribution is -2.35. The van der Waals surface area contributed by atoms with Crippen LogP contribution in [0.5, 0.6) is 5.75 Å². The minimum absolute atomic E-state index is 0.219. The van der Waals surface area contributed by atoms with E-state index in [0.717, 1.165) is 4.88 Å². The van der Waals surface area contributed by atoms with Gasteiger partial charge in [0, 0.05) is 17.7 Å². The van der Waals surface area contributed by atoms with E-state index < -0.39 is 0 Å². The summed E-state index contributed by atoms with van der Waals surface area (Å²) < 4.78 is 10.1. The van der Waals surface area contributed by atoms with Crippen molar-refractivity contribution >= 4 is 34.4 Å². The van der Waals surface area contributed by atoms with Crippen molar-refractivity contribution in [2.75, 3.05) is 32.7 Å². The molecule has 0 fully saturated rings. The third-order valence-corrected chi connectivity index (χ3v) is 4.70. The lowest BCUT2D eigenvalue weighted by atomic mass is 10.2. The van der Waals surface area contributed by atoms with E-state index in [4.69, 9.17) is 9.47 Å². The van der Waals surface area contributed by atoms with E-state index in [2.05, 4.69) is 5.32 Å². The van der Waals surface area contributed by atoms with Gasteiger partial charge in [0.05, 0.1) is 25.8 Å². The van der Waals surface area contributed by atoms with E-state index >= 15 is 0 Å². The Bertz CT molecular complexity index is 797. The van der Waals surface area contributed by atoms with Crippen LogP contribution < -0.4 is 10.1 Å². The number of ether oxygens (including phenoxy) is 2. The van der Waals surface area contributed by atoms with Gasteiger partial charge in [-0.05, 0) is 35.7 Å². The van der Waals surface area contributed by atoms with E-state index in [0.29, 0.717) is 23.6 Å². The van der Waals surface area contributed by atoms with Crippen molar-refractivity contribution in [2.45, 2.75) is 0 Å². The predicted octanol–water partition coefficient (Wildman–Crippen LogP) is 2.60. The van der Waals surface area contributed by atoms with E-state index in [1.165, 1.54) is 23.3 Å². The maximum absolute atomic E-state index is 12.8. The molecule has 1 aromatic carbocycles. The van der Waals surface area contributed by atoms with Gasteiger partial charge in [-0.3, -0.25) is 14.5 Å². The molecule has 25 heavy (non-hydrogen) atoms. The molecule has 2 heterocycles. The van der Waals surface area contributed by atoms with Crippen LogP contribution in [0.25, 0.3) is 5.57 Å². The van der Waals surface area contributed by atoms with E-state index in [9.17, 15) is 9.59 Å². The van der Waals surface area contributed by atoms with Gasteiger partial charge in [-0.2, -0.15) is 0 Å². The van der Waals surface area contributed by atoms with Gasteiger partial charge in [0.25, 0.3) is 11.8 Å². The highest BCUT2D eigenvalue weighted by molar-refractivity contribution is 7.11. The molecule has 6 nitrogen and oxygen atoms in total. The van der Waals surface area contributed by atoms with Gasteiger partial charge in [0.1, 0.15) is 11.4 Å². The largest absolute Gasteiger partial charge is 0.497 e. The summed E-state index contributed by atoms with van der Waals surface area (Å²) in [5.74, 6) is 0.0651. The van der Waals surface area contributed by atoms with Crippen molar-refractivity contribution in [3.05, 3.63) is 52.4 Å². The molecular formula is C18H18N2O4S. The molecule has 0 aliphatic carbocycles. The molecule has 2 aromatic rings. The lowest BCUT2D eigenvalue weighted by molar-refractivity contribution is -0.137. The number of hydrogen-bond acceptors (Lipinski definition) is 6. The Balaban J connectivity index is 1.95. The third kappa shape index (κ3) is 3.42. The maximum atomic E-state index is 12.8. The van der Waals surface area contributed by atoms with Gasteiger partial charge in [-0.1, -0.05) is 6.07 Å². The van der Waals surface area contributed by atoms with Gasteiger partial charge < -0.3 is 14.8 Å². The summed E-state index contributed by atoms with van der Waals surface area (Å²) in [5, 5.41) is 4.97. The highest BCUT2D eigenvalue weighted by Gasteiger charge is 2.39. The molecular weight excluding hydrogens is 340 g/mol. The molecule has 1 aliphatic heterocycles. The summed E-state index contributed by atoms with van der Waals surface area (Å²) in [6, 6.07) is 10.9.